The van der Waals surface area contributed by atoms with E-state index in [1.54, 1.807) is 14.0 Å². The Labute approximate surface area is 117 Å². The maximum atomic E-state index is 11.3. The van der Waals surface area contributed by atoms with Crippen LogP contribution >= 0.6 is 0 Å². The summed E-state index contributed by atoms with van der Waals surface area (Å²) in [6, 6.07) is 3.98. The highest BCUT2D eigenvalue weighted by Gasteiger charge is 2.22. The molecule has 5 heteroatoms. The van der Waals surface area contributed by atoms with Gasteiger partial charge in [0.15, 0.2) is 0 Å². The van der Waals surface area contributed by atoms with Gasteiger partial charge in [-0.05, 0) is 44.4 Å². The molecule has 1 aromatic carbocycles. The summed E-state index contributed by atoms with van der Waals surface area (Å²) in [5, 5.41) is 13.4. The second-order valence-corrected chi connectivity index (χ2v) is 4.95. The van der Waals surface area contributed by atoms with Crippen molar-refractivity contribution in [3.63, 3.8) is 0 Å². The molecule has 0 aliphatic heterocycles. The van der Waals surface area contributed by atoms with Gasteiger partial charge in [0.05, 0.1) is 5.69 Å². The highest BCUT2D eigenvalue weighted by molar-refractivity contribution is 5.91. The zero-order chi connectivity index (χ0) is 15.0. The van der Waals surface area contributed by atoms with Crippen LogP contribution in [0.1, 0.15) is 32.7 Å². The minimum Gasteiger partial charge on any atom is -0.477 e. The topological polar surface area (TPSA) is 64.3 Å². The predicted octanol–water partition coefficient (Wildman–Crippen LogP) is 3.14. The van der Waals surface area contributed by atoms with E-state index < -0.39 is 5.97 Å². The number of aromatic nitrogens is 2. The number of benzene rings is 1. The lowest BCUT2D eigenvalue weighted by Gasteiger charge is -2.14. The van der Waals surface area contributed by atoms with Crippen molar-refractivity contribution in [2.45, 2.75) is 27.7 Å². The minimum absolute atomic E-state index is 0.104. The first-order valence-electron chi connectivity index (χ1n) is 6.34. The first-order valence-corrected chi connectivity index (χ1v) is 6.34. The zero-order valence-corrected chi connectivity index (χ0v) is 12.3. The molecule has 0 unspecified atom stereocenters. The Morgan fingerprint density at radius 1 is 1.20 bits per heavy atom. The lowest BCUT2D eigenvalue weighted by molar-refractivity contribution is 0.0693. The van der Waals surface area contributed by atoms with Crippen LogP contribution < -0.4 is 4.74 Å². The molecule has 0 aliphatic carbocycles. The molecule has 1 heterocycles. The fourth-order valence-corrected chi connectivity index (χ4v) is 2.18. The molecule has 0 aliphatic rings. The molecule has 0 saturated carbocycles. The molecule has 20 heavy (non-hydrogen) atoms. The summed E-state index contributed by atoms with van der Waals surface area (Å²) in [5.74, 6) is -0.0872. The van der Waals surface area contributed by atoms with Gasteiger partial charge in [-0.2, -0.15) is 5.10 Å². The van der Waals surface area contributed by atoms with Crippen LogP contribution in [-0.2, 0) is 7.05 Å². The molecule has 106 valence electrons. The Balaban J connectivity index is 2.56. The van der Waals surface area contributed by atoms with E-state index in [1.807, 2.05) is 32.9 Å². The van der Waals surface area contributed by atoms with Gasteiger partial charge in [0, 0.05) is 7.05 Å². The first kappa shape index (κ1) is 14.1. The van der Waals surface area contributed by atoms with E-state index in [0.717, 1.165) is 16.7 Å². The standard InChI is InChI=1S/C15H18N2O3/c1-8-6-7-9(2)13(10(8)3)20-14-12(15(18)19)11(4)16-17(14)5/h6-7H,1-5H3,(H,18,19). The monoisotopic (exact) mass is 274 g/mol. The molecule has 0 spiro atoms. The van der Waals surface area contributed by atoms with Crippen LogP contribution in [0.15, 0.2) is 12.1 Å². The lowest BCUT2D eigenvalue weighted by atomic mass is 10.1. The van der Waals surface area contributed by atoms with Crippen molar-refractivity contribution >= 4 is 5.97 Å². The molecule has 0 fully saturated rings. The third-order valence-electron chi connectivity index (χ3n) is 3.46. The molecule has 2 aromatic rings. The number of rotatable bonds is 3. The van der Waals surface area contributed by atoms with Crippen LogP contribution in [0.25, 0.3) is 0 Å². The number of carbonyl (C=O) groups is 1. The number of carboxylic acids is 1. The molecule has 5 nitrogen and oxygen atoms in total. The highest BCUT2D eigenvalue weighted by Crippen LogP contribution is 2.33. The van der Waals surface area contributed by atoms with Crippen LogP contribution in [0.5, 0.6) is 11.6 Å². The second kappa shape index (κ2) is 5.00. The van der Waals surface area contributed by atoms with Gasteiger partial charge in [-0.3, -0.25) is 0 Å². The number of aromatic carboxylic acids is 1. The van der Waals surface area contributed by atoms with Crippen LogP contribution in [-0.4, -0.2) is 20.9 Å². The van der Waals surface area contributed by atoms with Gasteiger partial charge < -0.3 is 9.84 Å². The summed E-state index contributed by atoms with van der Waals surface area (Å²) in [7, 11) is 1.68. The number of hydrogen-bond acceptors (Lipinski definition) is 3. The Hall–Kier alpha value is -2.30. The summed E-state index contributed by atoms with van der Waals surface area (Å²) in [5.41, 5.74) is 3.61. The van der Waals surface area contributed by atoms with E-state index in [0.29, 0.717) is 11.4 Å². The van der Waals surface area contributed by atoms with Gasteiger partial charge >= 0.3 is 5.97 Å². The van der Waals surface area contributed by atoms with E-state index in [1.165, 1.54) is 4.68 Å². The Bertz CT molecular complexity index is 687. The first-order chi connectivity index (χ1) is 9.32. The SMILES string of the molecule is Cc1ccc(C)c(Oc2c(C(=O)O)c(C)nn2C)c1C. The van der Waals surface area contributed by atoms with Crippen molar-refractivity contribution in [2.24, 2.45) is 7.05 Å². The van der Waals surface area contributed by atoms with Crippen LogP contribution in [0.2, 0.25) is 0 Å². The maximum Gasteiger partial charge on any atom is 0.343 e. The largest absolute Gasteiger partial charge is 0.477 e. The molecule has 0 atom stereocenters. The molecule has 0 radical (unpaired) electrons. The molecule has 0 bridgehead atoms. The Morgan fingerprint density at radius 3 is 2.40 bits per heavy atom. The lowest BCUT2D eigenvalue weighted by Crippen LogP contribution is -2.03. The molecule has 0 saturated heterocycles. The quantitative estimate of drug-likeness (QED) is 0.933. The van der Waals surface area contributed by atoms with Crippen molar-refractivity contribution in [3.8, 4) is 11.6 Å². The molecular formula is C15H18N2O3. The average molecular weight is 274 g/mol. The van der Waals surface area contributed by atoms with Gasteiger partial charge in [-0.15, -0.1) is 0 Å². The third-order valence-corrected chi connectivity index (χ3v) is 3.46. The summed E-state index contributed by atoms with van der Waals surface area (Å²) in [6.45, 7) is 7.55. The smallest absolute Gasteiger partial charge is 0.343 e. The number of carboxylic acid groups (broad SMARTS) is 1. The van der Waals surface area contributed by atoms with Crippen molar-refractivity contribution in [3.05, 3.63) is 40.1 Å². The summed E-state index contributed by atoms with van der Waals surface area (Å²) < 4.78 is 7.34. The van der Waals surface area contributed by atoms with E-state index in [2.05, 4.69) is 5.10 Å². The van der Waals surface area contributed by atoms with Gasteiger partial charge in [0.25, 0.3) is 0 Å². The fourth-order valence-electron chi connectivity index (χ4n) is 2.18. The van der Waals surface area contributed by atoms with Crippen molar-refractivity contribution < 1.29 is 14.6 Å². The fraction of sp³-hybridized carbons (Fsp3) is 0.333. The van der Waals surface area contributed by atoms with Crippen molar-refractivity contribution in [2.75, 3.05) is 0 Å². The number of hydrogen-bond donors (Lipinski definition) is 1. The predicted molar refractivity (Wildman–Crippen MR) is 75.6 cm³/mol. The molecule has 0 amide bonds. The van der Waals surface area contributed by atoms with Crippen LogP contribution in [0.4, 0.5) is 0 Å². The zero-order valence-electron chi connectivity index (χ0n) is 12.3. The van der Waals surface area contributed by atoms with E-state index in [9.17, 15) is 9.90 Å². The van der Waals surface area contributed by atoms with Gasteiger partial charge in [0.1, 0.15) is 11.3 Å². The summed E-state index contributed by atoms with van der Waals surface area (Å²) in [4.78, 5) is 11.3. The van der Waals surface area contributed by atoms with Crippen molar-refractivity contribution in [1.29, 1.82) is 0 Å². The molecule has 1 N–H and O–H groups in total. The average Bonchev–Trinajstić information content (AvgIpc) is 2.64. The molecule has 1 aromatic heterocycles. The van der Waals surface area contributed by atoms with E-state index in [4.69, 9.17) is 4.74 Å². The van der Waals surface area contributed by atoms with Gasteiger partial charge in [-0.1, -0.05) is 12.1 Å². The molecular weight excluding hydrogens is 256 g/mol. The van der Waals surface area contributed by atoms with E-state index in [-0.39, 0.29) is 11.4 Å². The number of ether oxygens (including phenoxy) is 1. The third kappa shape index (κ3) is 2.27. The number of nitrogens with zero attached hydrogens (tertiary/aromatic N) is 2. The highest BCUT2D eigenvalue weighted by atomic mass is 16.5. The second-order valence-electron chi connectivity index (χ2n) is 4.95. The Kier molecular flexibility index (Phi) is 3.53. The normalized spacial score (nSPS) is 10.7. The van der Waals surface area contributed by atoms with Crippen LogP contribution in [0.3, 0.4) is 0 Å². The van der Waals surface area contributed by atoms with Crippen molar-refractivity contribution in [1.82, 2.24) is 9.78 Å². The number of aryl methyl sites for hydroxylation is 4. The van der Waals surface area contributed by atoms with E-state index >= 15 is 0 Å². The summed E-state index contributed by atoms with van der Waals surface area (Å²) >= 11 is 0. The van der Waals surface area contributed by atoms with Gasteiger partial charge in [0.2, 0.25) is 5.88 Å². The summed E-state index contributed by atoms with van der Waals surface area (Å²) in [6.07, 6.45) is 0. The molecule has 2 rings (SSSR count). The van der Waals surface area contributed by atoms with Gasteiger partial charge in [-0.25, -0.2) is 9.48 Å². The minimum atomic E-state index is -1.03. The Morgan fingerprint density at radius 2 is 1.80 bits per heavy atom. The van der Waals surface area contributed by atoms with Crippen LogP contribution in [0, 0.1) is 27.7 Å². The maximum absolute atomic E-state index is 11.3.